The van der Waals surface area contributed by atoms with Crippen molar-refractivity contribution in [3.05, 3.63) is 40.1 Å². The van der Waals surface area contributed by atoms with Crippen molar-refractivity contribution < 1.29 is 0 Å². The van der Waals surface area contributed by atoms with E-state index in [1.165, 1.54) is 4.68 Å². The van der Waals surface area contributed by atoms with Gasteiger partial charge in [-0.05, 0) is 38.9 Å². The number of hydrogen-bond acceptors (Lipinski definition) is 5. The highest BCUT2D eigenvalue weighted by Crippen LogP contribution is 2.26. The van der Waals surface area contributed by atoms with E-state index in [1.807, 2.05) is 19.2 Å². The molecule has 0 amide bonds. The van der Waals surface area contributed by atoms with Gasteiger partial charge in [-0.2, -0.15) is 5.10 Å². The van der Waals surface area contributed by atoms with Gasteiger partial charge in [0.05, 0.1) is 5.69 Å². The van der Waals surface area contributed by atoms with Gasteiger partial charge in [0.25, 0.3) is 0 Å². The Morgan fingerprint density at radius 3 is 2.67 bits per heavy atom. The van der Waals surface area contributed by atoms with Crippen molar-refractivity contribution >= 4 is 0 Å². The van der Waals surface area contributed by atoms with Crippen molar-refractivity contribution in [2.24, 2.45) is 7.05 Å². The van der Waals surface area contributed by atoms with Crippen LogP contribution in [0.2, 0.25) is 0 Å². The summed E-state index contributed by atoms with van der Waals surface area (Å²) in [7, 11) is 1.73. The van der Waals surface area contributed by atoms with Crippen LogP contribution in [0.1, 0.15) is 49.9 Å². The minimum absolute atomic E-state index is 0.0111. The second-order valence-electron chi connectivity index (χ2n) is 6.38. The standard InChI is InChI=1S/C17H26N6O/c1-4-15-18-9-6-14(19-15)12-22-10-7-13(8-11-22)16-20-21(3)17(24)23(16)5-2/h6,9,13H,4-5,7-8,10-12H2,1-3H3. The normalized spacial score (nSPS) is 16.6. The molecular formula is C17H26N6O. The molecule has 0 aromatic carbocycles. The van der Waals surface area contributed by atoms with Gasteiger partial charge in [0.2, 0.25) is 0 Å². The van der Waals surface area contributed by atoms with Crippen LogP contribution in [0.5, 0.6) is 0 Å². The van der Waals surface area contributed by atoms with Gasteiger partial charge in [0.15, 0.2) is 0 Å². The summed E-state index contributed by atoms with van der Waals surface area (Å²) in [5.41, 5.74) is 1.08. The molecule has 3 heterocycles. The Morgan fingerprint density at radius 1 is 1.25 bits per heavy atom. The zero-order valence-electron chi connectivity index (χ0n) is 14.8. The van der Waals surface area contributed by atoms with Gasteiger partial charge in [-0.25, -0.2) is 19.4 Å². The maximum Gasteiger partial charge on any atom is 0.345 e. The van der Waals surface area contributed by atoms with E-state index in [4.69, 9.17) is 0 Å². The molecule has 2 aromatic heterocycles. The number of likely N-dealkylation sites (tertiary alicyclic amines) is 1. The fourth-order valence-electron chi connectivity index (χ4n) is 3.40. The average molecular weight is 330 g/mol. The van der Waals surface area contributed by atoms with E-state index in [2.05, 4.69) is 26.9 Å². The van der Waals surface area contributed by atoms with Crippen LogP contribution in [-0.4, -0.2) is 42.3 Å². The van der Waals surface area contributed by atoms with Gasteiger partial charge >= 0.3 is 5.69 Å². The van der Waals surface area contributed by atoms with Gasteiger partial charge in [-0.15, -0.1) is 0 Å². The summed E-state index contributed by atoms with van der Waals surface area (Å²) >= 11 is 0. The largest absolute Gasteiger partial charge is 0.345 e. The molecule has 0 saturated carbocycles. The molecule has 0 radical (unpaired) electrons. The molecule has 0 atom stereocenters. The Bertz CT molecular complexity index is 742. The van der Waals surface area contributed by atoms with Crippen LogP contribution in [0.15, 0.2) is 17.1 Å². The van der Waals surface area contributed by atoms with E-state index < -0.39 is 0 Å². The molecule has 7 heteroatoms. The first-order chi connectivity index (χ1) is 11.6. The summed E-state index contributed by atoms with van der Waals surface area (Å²) in [5, 5.41) is 4.46. The van der Waals surface area contributed by atoms with Crippen LogP contribution in [-0.2, 0) is 26.6 Å². The lowest BCUT2D eigenvalue weighted by molar-refractivity contribution is 0.197. The highest BCUT2D eigenvalue weighted by Gasteiger charge is 2.26. The number of aromatic nitrogens is 5. The molecule has 0 spiro atoms. The number of rotatable bonds is 5. The predicted molar refractivity (Wildman–Crippen MR) is 91.8 cm³/mol. The van der Waals surface area contributed by atoms with E-state index >= 15 is 0 Å². The first kappa shape index (κ1) is 16.8. The summed E-state index contributed by atoms with van der Waals surface area (Å²) in [6.45, 7) is 7.63. The molecule has 0 unspecified atom stereocenters. The number of nitrogens with zero attached hydrogens (tertiary/aromatic N) is 6. The van der Waals surface area contributed by atoms with E-state index in [9.17, 15) is 4.79 Å². The van der Waals surface area contributed by atoms with Gasteiger partial charge in [0.1, 0.15) is 11.6 Å². The first-order valence-corrected chi connectivity index (χ1v) is 8.79. The fourth-order valence-corrected chi connectivity index (χ4v) is 3.40. The third-order valence-electron chi connectivity index (χ3n) is 4.77. The van der Waals surface area contributed by atoms with E-state index in [-0.39, 0.29) is 5.69 Å². The molecule has 1 aliphatic rings. The van der Waals surface area contributed by atoms with E-state index in [0.29, 0.717) is 12.5 Å². The number of hydrogen-bond donors (Lipinski definition) is 0. The Kier molecular flexibility index (Phi) is 5.08. The van der Waals surface area contributed by atoms with Crippen LogP contribution < -0.4 is 5.69 Å². The predicted octanol–water partition coefficient (Wildman–Crippen LogP) is 1.33. The van der Waals surface area contributed by atoms with Crippen LogP contribution in [0, 0.1) is 0 Å². The van der Waals surface area contributed by atoms with Crippen LogP contribution in [0.25, 0.3) is 0 Å². The van der Waals surface area contributed by atoms with E-state index in [0.717, 1.165) is 56.2 Å². The van der Waals surface area contributed by atoms with Gasteiger partial charge < -0.3 is 0 Å². The molecule has 0 bridgehead atoms. The average Bonchev–Trinajstić information content (AvgIpc) is 2.90. The third-order valence-corrected chi connectivity index (χ3v) is 4.77. The Hall–Kier alpha value is -2.02. The Morgan fingerprint density at radius 2 is 2.00 bits per heavy atom. The molecule has 7 nitrogen and oxygen atoms in total. The monoisotopic (exact) mass is 330 g/mol. The molecule has 2 aromatic rings. The molecular weight excluding hydrogens is 304 g/mol. The summed E-state index contributed by atoms with van der Waals surface area (Å²) in [6, 6.07) is 2.00. The fraction of sp³-hybridized carbons (Fsp3) is 0.647. The lowest BCUT2D eigenvalue weighted by Gasteiger charge is -2.31. The maximum atomic E-state index is 12.1. The van der Waals surface area contributed by atoms with Crippen molar-refractivity contribution in [3.63, 3.8) is 0 Å². The Labute approximate surface area is 142 Å². The van der Waals surface area contributed by atoms with Crippen LogP contribution in [0.4, 0.5) is 0 Å². The SMILES string of the molecule is CCc1nccc(CN2CCC(c3nn(C)c(=O)n3CC)CC2)n1. The zero-order valence-corrected chi connectivity index (χ0v) is 14.8. The van der Waals surface area contributed by atoms with Crippen molar-refractivity contribution in [2.75, 3.05) is 13.1 Å². The molecule has 24 heavy (non-hydrogen) atoms. The van der Waals surface area contributed by atoms with Crippen molar-refractivity contribution in [3.8, 4) is 0 Å². The molecule has 130 valence electrons. The van der Waals surface area contributed by atoms with E-state index in [1.54, 1.807) is 11.6 Å². The number of aryl methyl sites for hydroxylation is 2. The zero-order chi connectivity index (χ0) is 17.1. The summed E-state index contributed by atoms with van der Waals surface area (Å²) in [5.74, 6) is 2.22. The quantitative estimate of drug-likeness (QED) is 0.827. The second-order valence-corrected chi connectivity index (χ2v) is 6.38. The van der Waals surface area contributed by atoms with Crippen molar-refractivity contribution in [1.29, 1.82) is 0 Å². The molecule has 1 saturated heterocycles. The molecule has 0 N–H and O–H groups in total. The molecule has 1 fully saturated rings. The van der Waals surface area contributed by atoms with Gasteiger partial charge in [-0.1, -0.05) is 6.92 Å². The summed E-state index contributed by atoms with van der Waals surface area (Å²) in [4.78, 5) is 23.3. The third kappa shape index (κ3) is 3.40. The van der Waals surface area contributed by atoms with Crippen molar-refractivity contribution in [2.45, 2.75) is 52.1 Å². The number of piperidine rings is 1. The smallest absolute Gasteiger partial charge is 0.297 e. The lowest BCUT2D eigenvalue weighted by Crippen LogP contribution is -2.34. The molecule has 1 aliphatic heterocycles. The molecule has 0 aliphatic carbocycles. The van der Waals surface area contributed by atoms with Crippen molar-refractivity contribution in [1.82, 2.24) is 29.2 Å². The summed E-state index contributed by atoms with van der Waals surface area (Å²) < 4.78 is 3.26. The second kappa shape index (κ2) is 7.25. The van der Waals surface area contributed by atoms with Crippen LogP contribution >= 0.6 is 0 Å². The minimum Gasteiger partial charge on any atom is -0.297 e. The minimum atomic E-state index is -0.0111. The highest BCUT2D eigenvalue weighted by atomic mass is 16.2. The summed E-state index contributed by atoms with van der Waals surface area (Å²) in [6.07, 6.45) is 4.77. The molecule has 3 rings (SSSR count). The Balaban J connectivity index is 1.63. The van der Waals surface area contributed by atoms with Crippen LogP contribution in [0.3, 0.4) is 0 Å². The van der Waals surface area contributed by atoms with Gasteiger partial charge in [-0.3, -0.25) is 9.47 Å². The first-order valence-electron chi connectivity index (χ1n) is 8.79. The topological polar surface area (TPSA) is 68.8 Å². The van der Waals surface area contributed by atoms with Gasteiger partial charge in [0, 0.05) is 38.7 Å². The maximum absolute atomic E-state index is 12.1. The lowest BCUT2D eigenvalue weighted by atomic mass is 9.96. The highest BCUT2D eigenvalue weighted by molar-refractivity contribution is 5.04.